The Kier molecular flexibility index (Phi) is 4.43. The van der Waals surface area contributed by atoms with Crippen LogP contribution in [0.2, 0.25) is 0 Å². The Labute approximate surface area is 165 Å². The molecule has 1 saturated heterocycles. The number of urea groups is 1. The second kappa shape index (κ2) is 7.23. The number of nitrogens with one attached hydrogen (secondary N) is 2. The van der Waals surface area contributed by atoms with Crippen LogP contribution in [0.15, 0.2) is 70.9 Å². The van der Waals surface area contributed by atoms with E-state index in [2.05, 4.69) is 59.2 Å². The largest absolute Gasteiger partial charge is 0.333 e. The van der Waals surface area contributed by atoms with E-state index in [4.69, 9.17) is 10.2 Å². The Balaban J connectivity index is 1.54. The lowest BCUT2D eigenvalue weighted by Gasteiger charge is -2.36. The van der Waals surface area contributed by atoms with E-state index >= 15 is 0 Å². The van der Waals surface area contributed by atoms with Crippen molar-refractivity contribution in [2.45, 2.75) is 37.8 Å². The molecule has 1 saturated carbocycles. The van der Waals surface area contributed by atoms with Crippen LogP contribution in [0.5, 0.6) is 0 Å². The minimum atomic E-state index is -0.0335. The first kappa shape index (κ1) is 17.2. The normalized spacial score (nSPS) is 29.2. The minimum Gasteiger partial charge on any atom is -0.333 e. The summed E-state index contributed by atoms with van der Waals surface area (Å²) in [5.74, 6) is 0.627. The molecule has 2 fully saturated rings. The summed E-state index contributed by atoms with van der Waals surface area (Å²) in [6.45, 7) is 0. The van der Waals surface area contributed by atoms with Crippen molar-refractivity contribution in [2.24, 2.45) is 22.0 Å². The molecule has 0 bridgehead atoms. The van der Waals surface area contributed by atoms with Gasteiger partial charge in [-0.1, -0.05) is 60.7 Å². The van der Waals surface area contributed by atoms with Gasteiger partial charge in [0.15, 0.2) is 0 Å². The van der Waals surface area contributed by atoms with Crippen molar-refractivity contribution in [3.63, 3.8) is 0 Å². The molecule has 2 amide bonds. The Morgan fingerprint density at radius 1 is 0.643 bits per heavy atom. The van der Waals surface area contributed by atoms with Crippen LogP contribution in [-0.2, 0) is 0 Å². The van der Waals surface area contributed by atoms with Crippen molar-refractivity contribution in [2.75, 3.05) is 0 Å². The lowest BCUT2D eigenvalue weighted by atomic mass is 9.71. The maximum atomic E-state index is 11.9. The zero-order valence-corrected chi connectivity index (χ0v) is 15.7. The maximum absolute atomic E-state index is 11.9. The molecule has 2 heterocycles. The summed E-state index contributed by atoms with van der Waals surface area (Å²) >= 11 is 0. The van der Waals surface area contributed by atoms with Gasteiger partial charge >= 0.3 is 6.03 Å². The second-order valence-corrected chi connectivity index (χ2v) is 7.90. The van der Waals surface area contributed by atoms with Gasteiger partial charge < -0.3 is 10.6 Å². The summed E-state index contributed by atoms with van der Waals surface area (Å²) in [6.07, 6.45) is 3.90. The fourth-order valence-electron chi connectivity index (χ4n) is 4.92. The van der Waals surface area contributed by atoms with Crippen LogP contribution >= 0.6 is 0 Å². The van der Waals surface area contributed by atoms with Gasteiger partial charge in [-0.15, -0.1) is 0 Å². The van der Waals surface area contributed by atoms with Crippen LogP contribution in [-0.4, -0.2) is 29.5 Å². The standard InChI is InChI=1S/C23H24N4O/c28-23-24-19-13-11-17-18(12-14-20(19)25-23)22(16-9-5-2-6-10-16)27-26-21(17)15-7-3-1-4-8-15/h1-10,17-20H,11-14H2,(H2,24,25,28). The van der Waals surface area contributed by atoms with Crippen LogP contribution in [0.1, 0.15) is 36.8 Å². The summed E-state index contributed by atoms with van der Waals surface area (Å²) in [7, 11) is 0. The molecule has 5 heteroatoms. The first-order valence-corrected chi connectivity index (χ1v) is 10.1. The topological polar surface area (TPSA) is 65.8 Å². The molecule has 0 radical (unpaired) electrons. The van der Waals surface area contributed by atoms with E-state index in [1.54, 1.807) is 0 Å². The number of benzene rings is 2. The summed E-state index contributed by atoms with van der Waals surface area (Å²) < 4.78 is 0. The number of carbonyl (C=O) groups is 1. The lowest BCUT2D eigenvalue weighted by molar-refractivity contribution is 0.246. The number of carbonyl (C=O) groups excluding carboxylic acids is 1. The molecule has 4 atom stereocenters. The maximum Gasteiger partial charge on any atom is 0.315 e. The first-order chi connectivity index (χ1) is 13.8. The molecule has 0 spiro atoms. The van der Waals surface area contributed by atoms with Gasteiger partial charge in [0.1, 0.15) is 0 Å². The van der Waals surface area contributed by atoms with Gasteiger partial charge in [-0.25, -0.2) is 4.79 Å². The van der Waals surface area contributed by atoms with Gasteiger partial charge in [0.2, 0.25) is 0 Å². The molecule has 142 valence electrons. The highest BCUT2D eigenvalue weighted by molar-refractivity contribution is 6.11. The van der Waals surface area contributed by atoms with Gasteiger partial charge in [-0.05, 0) is 36.8 Å². The average Bonchev–Trinajstić information content (AvgIpc) is 3.08. The SMILES string of the molecule is O=C1NC2CCC3C(c4ccccc4)=NN=C(c4ccccc4)C3CCC2N1. The van der Waals surface area contributed by atoms with Gasteiger partial charge in [0, 0.05) is 11.8 Å². The van der Waals surface area contributed by atoms with Crippen LogP contribution in [0, 0.1) is 11.8 Å². The third-order valence-corrected chi connectivity index (χ3v) is 6.29. The minimum absolute atomic E-state index is 0.0335. The summed E-state index contributed by atoms with van der Waals surface area (Å²) in [6, 6.07) is 21.2. The molecule has 2 aromatic carbocycles. The van der Waals surface area contributed by atoms with Crippen LogP contribution < -0.4 is 10.6 Å². The Bertz CT molecular complexity index is 847. The predicted molar refractivity (Wildman–Crippen MR) is 111 cm³/mol. The number of fused-ring (bicyclic) bond motifs is 2. The van der Waals surface area contributed by atoms with Crippen molar-refractivity contribution in [1.82, 2.24) is 10.6 Å². The number of hydrogen-bond donors (Lipinski definition) is 2. The van der Waals surface area contributed by atoms with Crippen molar-refractivity contribution >= 4 is 17.5 Å². The van der Waals surface area contributed by atoms with E-state index in [1.165, 1.54) is 0 Å². The highest BCUT2D eigenvalue weighted by Gasteiger charge is 2.40. The van der Waals surface area contributed by atoms with Crippen molar-refractivity contribution in [1.29, 1.82) is 0 Å². The number of amides is 2. The van der Waals surface area contributed by atoms with Crippen molar-refractivity contribution < 1.29 is 4.79 Å². The number of rotatable bonds is 2. The Morgan fingerprint density at radius 2 is 1.07 bits per heavy atom. The predicted octanol–water partition coefficient (Wildman–Crippen LogP) is 3.75. The molecule has 28 heavy (non-hydrogen) atoms. The summed E-state index contributed by atoms with van der Waals surface area (Å²) in [5.41, 5.74) is 4.47. The highest BCUT2D eigenvalue weighted by Crippen LogP contribution is 2.37. The molecule has 0 aromatic heterocycles. The zero-order chi connectivity index (χ0) is 18.9. The molecule has 3 aliphatic rings. The van der Waals surface area contributed by atoms with Crippen molar-refractivity contribution in [3.8, 4) is 0 Å². The average molecular weight is 372 g/mol. The zero-order valence-electron chi connectivity index (χ0n) is 15.7. The van der Waals surface area contributed by atoms with E-state index in [1.807, 2.05) is 12.1 Å². The molecule has 5 rings (SSSR count). The molecule has 2 aromatic rings. The highest BCUT2D eigenvalue weighted by atomic mass is 16.2. The third-order valence-electron chi connectivity index (χ3n) is 6.29. The van der Waals surface area contributed by atoms with Gasteiger partial charge in [0.25, 0.3) is 0 Å². The van der Waals surface area contributed by atoms with Gasteiger partial charge in [-0.2, -0.15) is 10.2 Å². The lowest BCUT2D eigenvalue weighted by Crippen LogP contribution is -2.42. The monoisotopic (exact) mass is 372 g/mol. The Morgan fingerprint density at radius 3 is 1.50 bits per heavy atom. The second-order valence-electron chi connectivity index (χ2n) is 7.90. The number of nitrogens with zero attached hydrogens (tertiary/aromatic N) is 2. The number of hydrogen-bond acceptors (Lipinski definition) is 3. The van der Waals surface area contributed by atoms with Gasteiger partial charge in [-0.3, -0.25) is 0 Å². The summed E-state index contributed by atoms with van der Waals surface area (Å²) in [5, 5.41) is 15.6. The van der Waals surface area contributed by atoms with Crippen LogP contribution in [0.4, 0.5) is 4.79 Å². The quantitative estimate of drug-likeness (QED) is 0.828. The molecular weight excluding hydrogens is 348 g/mol. The van der Waals surface area contributed by atoms with E-state index in [0.29, 0.717) is 11.8 Å². The summed E-state index contributed by atoms with van der Waals surface area (Å²) in [4.78, 5) is 11.9. The first-order valence-electron chi connectivity index (χ1n) is 10.1. The van der Waals surface area contributed by atoms with E-state index < -0.39 is 0 Å². The molecule has 4 unspecified atom stereocenters. The van der Waals surface area contributed by atoms with Crippen LogP contribution in [0.3, 0.4) is 0 Å². The molecular formula is C23H24N4O. The molecule has 5 nitrogen and oxygen atoms in total. The molecule has 2 N–H and O–H groups in total. The molecule has 2 aliphatic heterocycles. The fourth-order valence-corrected chi connectivity index (χ4v) is 4.92. The van der Waals surface area contributed by atoms with Crippen molar-refractivity contribution in [3.05, 3.63) is 71.8 Å². The van der Waals surface area contributed by atoms with E-state index in [-0.39, 0.29) is 18.1 Å². The van der Waals surface area contributed by atoms with Gasteiger partial charge in [0.05, 0.1) is 23.5 Å². The Hall–Kier alpha value is -2.95. The third kappa shape index (κ3) is 3.11. The smallest absolute Gasteiger partial charge is 0.315 e. The molecule has 1 aliphatic carbocycles. The van der Waals surface area contributed by atoms with Crippen LogP contribution in [0.25, 0.3) is 0 Å². The van der Waals surface area contributed by atoms with E-state index in [9.17, 15) is 4.79 Å². The van der Waals surface area contributed by atoms with E-state index in [0.717, 1.165) is 48.2 Å². The fraction of sp³-hybridized carbons (Fsp3) is 0.348.